The van der Waals surface area contributed by atoms with Gasteiger partial charge in [0.05, 0.1) is 12.2 Å². The van der Waals surface area contributed by atoms with Gasteiger partial charge >= 0.3 is 10.3 Å². The molecule has 3 aromatic carbocycles. The first-order valence-electron chi connectivity index (χ1n) is 14.6. The van der Waals surface area contributed by atoms with Crippen LogP contribution in [0.5, 0.6) is 5.75 Å². The largest absolute Gasteiger partial charge is 0.489 e. The van der Waals surface area contributed by atoms with Crippen LogP contribution in [0.3, 0.4) is 0 Å². The third kappa shape index (κ3) is 8.60. The zero-order valence-electron chi connectivity index (χ0n) is 24.8. The third-order valence-electron chi connectivity index (χ3n) is 7.75. The quantitative estimate of drug-likeness (QED) is 0.0645. The number of fused-ring (bicyclic) bond motifs is 1. The van der Waals surface area contributed by atoms with Crippen molar-refractivity contribution in [2.75, 3.05) is 13.7 Å². The van der Waals surface area contributed by atoms with Crippen molar-refractivity contribution in [1.82, 2.24) is 15.2 Å². The van der Waals surface area contributed by atoms with Gasteiger partial charge in [-0.15, -0.1) is 0 Å². The van der Waals surface area contributed by atoms with E-state index in [1.165, 1.54) is 6.20 Å². The SMILES string of the molecule is CN/C=C(\C(=N)N[C@H]1CC[C@@H](COS(N)(=O)=O)C1)C(=O)c1cn(Cc2cccc(Br)c2)c2ccc(OCc3ccccc3)cc12. The number of halogens is 1. The minimum atomic E-state index is -4.01. The van der Waals surface area contributed by atoms with Crippen LogP contribution in [0.4, 0.5) is 0 Å². The maximum absolute atomic E-state index is 14.2. The number of carbonyl (C=O) groups is 1. The molecule has 0 spiro atoms. The second-order valence-electron chi connectivity index (χ2n) is 11.1. The molecule has 5 rings (SSSR count). The fraction of sp³-hybridized carbons (Fsp3) is 0.273. The summed E-state index contributed by atoms with van der Waals surface area (Å²) in [6.07, 6.45) is 5.38. The molecule has 0 unspecified atom stereocenters. The molecule has 12 heteroatoms. The van der Waals surface area contributed by atoms with Crippen LogP contribution >= 0.6 is 15.9 Å². The Balaban J connectivity index is 1.41. The number of Topliss-reactive ketones (excluding diaryl/α,β-unsaturated/α-hetero) is 1. The van der Waals surface area contributed by atoms with Crippen LogP contribution in [-0.4, -0.2) is 44.3 Å². The molecule has 1 saturated carbocycles. The molecule has 2 atom stereocenters. The number of hydrogen-bond donors (Lipinski definition) is 4. The van der Waals surface area contributed by atoms with E-state index in [-0.39, 0.29) is 35.8 Å². The maximum atomic E-state index is 14.2. The number of rotatable bonds is 13. The Hall–Kier alpha value is -3.97. The Kier molecular flexibility index (Phi) is 10.4. The second kappa shape index (κ2) is 14.4. The fourth-order valence-electron chi connectivity index (χ4n) is 5.62. The highest BCUT2D eigenvalue weighted by atomic mass is 79.9. The van der Waals surface area contributed by atoms with Gasteiger partial charge in [-0.25, -0.2) is 5.14 Å². The van der Waals surface area contributed by atoms with Gasteiger partial charge in [0.1, 0.15) is 18.2 Å². The molecule has 1 aliphatic carbocycles. The molecule has 4 aromatic rings. The van der Waals surface area contributed by atoms with Crippen LogP contribution in [0.2, 0.25) is 0 Å². The average molecular weight is 695 g/mol. The molecular formula is C33H36BrN5O5S. The Bertz CT molecular complexity index is 1820. The standard InChI is InChI=1S/C33H36BrN5O5S/c1-37-17-29(33(35)38-26-11-10-24(15-26)21-44-45(36,41)42)32(40)30-19-39(18-23-8-5-9-25(34)14-23)31-13-12-27(16-28(30)31)43-20-22-6-3-2-4-7-22/h2-9,12-14,16-17,19,24,26,37H,10-11,15,18,20-21H2,1H3,(H2,35,38)(H2,36,41,42)/b29-17-/t24-,26+/m1/s1. The van der Waals surface area contributed by atoms with E-state index in [1.54, 1.807) is 7.05 Å². The number of ketones is 1. The summed E-state index contributed by atoms with van der Waals surface area (Å²) >= 11 is 3.54. The van der Waals surface area contributed by atoms with Crippen molar-refractivity contribution in [2.45, 2.75) is 38.5 Å². The highest BCUT2D eigenvalue weighted by Crippen LogP contribution is 2.30. The molecule has 0 saturated heterocycles. The highest BCUT2D eigenvalue weighted by Gasteiger charge is 2.29. The summed E-state index contributed by atoms with van der Waals surface area (Å²) in [5, 5.41) is 20.6. The number of ether oxygens (including phenoxy) is 1. The minimum Gasteiger partial charge on any atom is -0.489 e. The smallest absolute Gasteiger partial charge is 0.333 e. The second-order valence-corrected chi connectivity index (χ2v) is 13.2. The van der Waals surface area contributed by atoms with E-state index in [9.17, 15) is 13.2 Å². The van der Waals surface area contributed by atoms with Crippen molar-refractivity contribution in [2.24, 2.45) is 11.1 Å². The molecular weight excluding hydrogens is 658 g/mol. The van der Waals surface area contributed by atoms with E-state index in [1.807, 2.05) is 83.6 Å². The van der Waals surface area contributed by atoms with Gasteiger partial charge < -0.3 is 19.9 Å². The molecule has 10 nitrogen and oxygen atoms in total. The van der Waals surface area contributed by atoms with Crippen molar-refractivity contribution in [3.8, 4) is 5.75 Å². The monoisotopic (exact) mass is 693 g/mol. The van der Waals surface area contributed by atoms with Crippen LogP contribution in [-0.2, 0) is 27.6 Å². The number of amidine groups is 1. The van der Waals surface area contributed by atoms with Crippen molar-refractivity contribution in [1.29, 1.82) is 5.41 Å². The number of benzene rings is 3. The zero-order chi connectivity index (χ0) is 32.0. The summed E-state index contributed by atoms with van der Waals surface area (Å²) in [5.41, 5.74) is 3.59. The number of nitrogens with one attached hydrogen (secondary N) is 3. The predicted molar refractivity (Wildman–Crippen MR) is 178 cm³/mol. The first-order valence-corrected chi connectivity index (χ1v) is 16.8. The third-order valence-corrected chi connectivity index (χ3v) is 8.71. The van der Waals surface area contributed by atoms with Gasteiger partial charge in [0.25, 0.3) is 0 Å². The van der Waals surface area contributed by atoms with Crippen LogP contribution in [0.1, 0.15) is 40.7 Å². The topological polar surface area (TPSA) is 149 Å². The van der Waals surface area contributed by atoms with E-state index in [4.69, 9.17) is 19.5 Å². The number of hydrogen-bond acceptors (Lipinski definition) is 7. The summed E-state index contributed by atoms with van der Waals surface area (Å²) in [5.74, 6) is 0.280. The zero-order valence-corrected chi connectivity index (χ0v) is 27.2. The minimum absolute atomic E-state index is 0.00530. The number of aromatic nitrogens is 1. The van der Waals surface area contributed by atoms with Crippen LogP contribution < -0.4 is 20.5 Å². The Morgan fingerprint density at radius 1 is 1.09 bits per heavy atom. The van der Waals surface area contributed by atoms with Crippen LogP contribution in [0.25, 0.3) is 10.9 Å². The fourth-order valence-corrected chi connectivity index (χ4v) is 6.45. The lowest BCUT2D eigenvalue weighted by molar-refractivity contribution is 0.104. The highest BCUT2D eigenvalue weighted by molar-refractivity contribution is 9.10. The lowest BCUT2D eigenvalue weighted by Gasteiger charge is -2.17. The number of carbonyl (C=O) groups excluding carboxylic acids is 1. The molecule has 5 N–H and O–H groups in total. The lowest BCUT2D eigenvalue weighted by atomic mass is 10.0. The molecule has 1 aliphatic rings. The van der Waals surface area contributed by atoms with Gasteiger partial charge in [0.2, 0.25) is 0 Å². The molecule has 0 radical (unpaired) electrons. The van der Waals surface area contributed by atoms with Crippen molar-refractivity contribution < 1.29 is 22.1 Å². The summed E-state index contributed by atoms with van der Waals surface area (Å²) in [6.45, 7) is 0.922. The van der Waals surface area contributed by atoms with E-state index >= 15 is 0 Å². The molecule has 1 aromatic heterocycles. The molecule has 0 aliphatic heterocycles. The molecule has 236 valence electrons. The van der Waals surface area contributed by atoms with E-state index in [2.05, 4.69) is 26.6 Å². The molecule has 0 bridgehead atoms. The van der Waals surface area contributed by atoms with Crippen molar-refractivity contribution in [3.05, 3.63) is 112 Å². The molecule has 1 fully saturated rings. The summed E-state index contributed by atoms with van der Waals surface area (Å²) in [7, 11) is -2.33. The predicted octanol–water partition coefficient (Wildman–Crippen LogP) is 5.27. The van der Waals surface area contributed by atoms with Gasteiger partial charge in [-0.1, -0.05) is 58.4 Å². The van der Waals surface area contributed by atoms with Gasteiger partial charge in [0.15, 0.2) is 5.78 Å². The Morgan fingerprint density at radius 2 is 1.87 bits per heavy atom. The van der Waals surface area contributed by atoms with Crippen LogP contribution in [0, 0.1) is 11.3 Å². The Morgan fingerprint density at radius 3 is 2.60 bits per heavy atom. The first-order chi connectivity index (χ1) is 21.6. The summed E-state index contributed by atoms with van der Waals surface area (Å²) < 4.78 is 36.3. The van der Waals surface area contributed by atoms with E-state index in [0.717, 1.165) is 26.5 Å². The van der Waals surface area contributed by atoms with Crippen molar-refractivity contribution >= 4 is 48.8 Å². The summed E-state index contributed by atoms with van der Waals surface area (Å²) in [4.78, 5) is 14.2. The lowest BCUT2D eigenvalue weighted by Crippen LogP contribution is -2.36. The average Bonchev–Trinajstić information content (AvgIpc) is 3.61. The van der Waals surface area contributed by atoms with Gasteiger partial charge in [-0.2, -0.15) is 8.42 Å². The number of nitrogens with zero attached hydrogens (tertiary/aromatic N) is 1. The molecule has 0 amide bonds. The van der Waals surface area contributed by atoms with Gasteiger partial charge in [-0.05, 0) is 66.6 Å². The van der Waals surface area contributed by atoms with E-state index < -0.39 is 10.3 Å². The van der Waals surface area contributed by atoms with Gasteiger partial charge in [0, 0.05) is 53.0 Å². The normalized spacial score (nSPS) is 16.9. The Labute approximate surface area is 271 Å². The first kappa shape index (κ1) is 32.4. The van der Waals surface area contributed by atoms with Gasteiger partial charge in [-0.3, -0.25) is 14.4 Å². The molecule has 1 heterocycles. The number of nitrogens with two attached hydrogens (primary N) is 1. The van der Waals surface area contributed by atoms with E-state index in [0.29, 0.717) is 43.7 Å². The van der Waals surface area contributed by atoms with Crippen molar-refractivity contribution in [3.63, 3.8) is 0 Å². The van der Waals surface area contributed by atoms with Crippen LogP contribution in [0.15, 0.2) is 95.2 Å². The summed E-state index contributed by atoms with van der Waals surface area (Å²) in [6, 6.07) is 23.5. The molecule has 45 heavy (non-hydrogen) atoms. The maximum Gasteiger partial charge on any atom is 0.333 e.